The van der Waals surface area contributed by atoms with Crippen LogP contribution in [0, 0.1) is 0 Å². The second-order valence-electron chi connectivity index (χ2n) is 3.53. The molecule has 0 aliphatic carbocycles. The average Bonchev–Trinajstić information content (AvgIpc) is 2.85. The molecular weight excluding hydrogens is 182 g/mol. The Morgan fingerprint density at radius 3 is 3.29 bits per heavy atom. The average molecular weight is 197 g/mol. The van der Waals surface area contributed by atoms with Gasteiger partial charge in [-0.3, -0.25) is 0 Å². The van der Waals surface area contributed by atoms with E-state index in [1.807, 2.05) is 4.57 Å². The minimum atomic E-state index is -0.349. The van der Waals surface area contributed by atoms with E-state index in [4.69, 9.17) is 15.6 Å². The lowest BCUT2D eigenvalue weighted by molar-refractivity contribution is 0.185. The van der Waals surface area contributed by atoms with Gasteiger partial charge in [0, 0.05) is 12.8 Å². The van der Waals surface area contributed by atoms with Crippen molar-refractivity contribution in [1.29, 1.82) is 0 Å². The fourth-order valence-electron chi connectivity index (χ4n) is 1.74. The van der Waals surface area contributed by atoms with Crippen LogP contribution in [0.2, 0.25) is 0 Å². The topological polar surface area (TPSA) is 73.3 Å². The lowest BCUT2D eigenvalue weighted by atomic mass is 10.2. The zero-order chi connectivity index (χ0) is 9.97. The molecule has 0 saturated carbocycles. The number of aliphatic hydroxyl groups excluding tert-OH is 1. The Morgan fingerprint density at radius 2 is 2.64 bits per heavy atom. The van der Waals surface area contributed by atoms with Gasteiger partial charge in [-0.25, -0.2) is 4.98 Å². The monoisotopic (exact) mass is 197 g/mol. The van der Waals surface area contributed by atoms with Crippen molar-refractivity contribution < 1.29 is 9.84 Å². The maximum atomic E-state index is 8.98. The van der Waals surface area contributed by atoms with Crippen LogP contribution in [0.15, 0.2) is 12.5 Å². The Bertz CT molecular complexity index is 294. The molecule has 0 amide bonds. The smallest absolute Gasteiger partial charge is 0.0952 e. The number of aliphatic hydroxyl groups is 1. The summed E-state index contributed by atoms with van der Waals surface area (Å²) in [5, 5.41) is 8.98. The van der Waals surface area contributed by atoms with Crippen molar-refractivity contribution in [1.82, 2.24) is 9.55 Å². The second kappa shape index (κ2) is 4.08. The van der Waals surface area contributed by atoms with Gasteiger partial charge < -0.3 is 20.1 Å². The molecule has 3 N–H and O–H groups in total. The highest BCUT2D eigenvalue weighted by molar-refractivity contribution is 5.06. The lowest BCUT2D eigenvalue weighted by Gasteiger charge is -2.16. The van der Waals surface area contributed by atoms with E-state index in [0.717, 1.165) is 18.7 Å². The van der Waals surface area contributed by atoms with Crippen LogP contribution < -0.4 is 5.73 Å². The minimum Gasteiger partial charge on any atom is -0.394 e. The Balaban J connectivity index is 2.19. The maximum absolute atomic E-state index is 8.98. The molecule has 1 aliphatic heterocycles. The first-order valence-electron chi connectivity index (χ1n) is 4.79. The summed E-state index contributed by atoms with van der Waals surface area (Å²) in [6, 6.07) is -0.0248. The van der Waals surface area contributed by atoms with Crippen molar-refractivity contribution >= 4 is 0 Å². The standard InChI is InChI=1S/C9H15N3O2/c10-8(4-13)9-3-11-6-12(9)7-1-2-14-5-7/h3,6-8,13H,1-2,4-5,10H2. The molecule has 2 rings (SSSR count). The molecule has 1 saturated heterocycles. The van der Waals surface area contributed by atoms with Crippen molar-refractivity contribution in [3.8, 4) is 0 Å². The zero-order valence-corrected chi connectivity index (χ0v) is 7.97. The number of nitrogens with two attached hydrogens (primary N) is 1. The molecule has 0 bridgehead atoms. The fraction of sp³-hybridized carbons (Fsp3) is 0.667. The lowest BCUT2D eigenvalue weighted by Crippen LogP contribution is -2.21. The first-order chi connectivity index (χ1) is 6.83. The van der Waals surface area contributed by atoms with E-state index in [2.05, 4.69) is 4.98 Å². The van der Waals surface area contributed by atoms with Gasteiger partial charge in [0.2, 0.25) is 0 Å². The number of hydrogen-bond donors (Lipinski definition) is 2. The molecule has 1 aliphatic rings. The highest BCUT2D eigenvalue weighted by Crippen LogP contribution is 2.22. The van der Waals surface area contributed by atoms with E-state index in [0.29, 0.717) is 12.6 Å². The summed E-state index contributed by atoms with van der Waals surface area (Å²) in [4.78, 5) is 4.05. The molecule has 2 atom stereocenters. The number of hydrogen-bond acceptors (Lipinski definition) is 4. The summed E-state index contributed by atoms with van der Waals surface area (Å²) in [7, 11) is 0. The van der Waals surface area contributed by atoms with Crippen LogP contribution >= 0.6 is 0 Å². The SMILES string of the molecule is NC(CO)c1cncn1C1CCOC1. The molecule has 78 valence electrons. The van der Waals surface area contributed by atoms with E-state index in [-0.39, 0.29) is 12.6 Å². The van der Waals surface area contributed by atoms with Crippen LogP contribution in [-0.2, 0) is 4.74 Å². The summed E-state index contributed by atoms with van der Waals surface area (Å²) in [5.74, 6) is 0. The molecule has 0 aromatic carbocycles. The summed E-state index contributed by atoms with van der Waals surface area (Å²) in [5.41, 5.74) is 6.63. The Morgan fingerprint density at radius 1 is 1.79 bits per heavy atom. The van der Waals surface area contributed by atoms with Crippen molar-refractivity contribution in [2.24, 2.45) is 5.73 Å². The van der Waals surface area contributed by atoms with Crippen molar-refractivity contribution in [3.05, 3.63) is 18.2 Å². The van der Waals surface area contributed by atoms with E-state index in [9.17, 15) is 0 Å². The Hall–Kier alpha value is -0.910. The number of imidazole rings is 1. The van der Waals surface area contributed by atoms with Crippen molar-refractivity contribution in [2.75, 3.05) is 19.8 Å². The van der Waals surface area contributed by atoms with E-state index < -0.39 is 0 Å². The van der Waals surface area contributed by atoms with Gasteiger partial charge in [0.15, 0.2) is 0 Å². The molecule has 2 unspecified atom stereocenters. The summed E-state index contributed by atoms with van der Waals surface area (Å²) >= 11 is 0. The van der Waals surface area contributed by atoms with Gasteiger partial charge in [-0.2, -0.15) is 0 Å². The van der Waals surface area contributed by atoms with Crippen molar-refractivity contribution in [2.45, 2.75) is 18.5 Å². The number of aromatic nitrogens is 2. The van der Waals surface area contributed by atoms with Crippen LogP contribution in [0.5, 0.6) is 0 Å². The molecule has 0 radical (unpaired) electrons. The summed E-state index contributed by atoms with van der Waals surface area (Å²) < 4.78 is 7.31. The van der Waals surface area contributed by atoms with Gasteiger partial charge in [-0.05, 0) is 6.42 Å². The van der Waals surface area contributed by atoms with Gasteiger partial charge in [0.1, 0.15) is 0 Å². The van der Waals surface area contributed by atoms with Gasteiger partial charge in [-0.15, -0.1) is 0 Å². The van der Waals surface area contributed by atoms with Crippen LogP contribution in [0.3, 0.4) is 0 Å². The zero-order valence-electron chi connectivity index (χ0n) is 7.97. The first-order valence-corrected chi connectivity index (χ1v) is 4.79. The van der Waals surface area contributed by atoms with Gasteiger partial charge in [0.05, 0.1) is 37.3 Å². The number of rotatable bonds is 3. The van der Waals surface area contributed by atoms with E-state index in [1.54, 1.807) is 12.5 Å². The van der Waals surface area contributed by atoms with Gasteiger partial charge >= 0.3 is 0 Å². The van der Waals surface area contributed by atoms with Crippen LogP contribution in [0.1, 0.15) is 24.2 Å². The predicted octanol–water partition coefficient (Wildman–Crippen LogP) is -0.163. The second-order valence-corrected chi connectivity index (χ2v) is 3.53. The largest absolute Gasteiger partial charge is 0.394 e. The first kappa shape index (κ1) is 9.64. The molecule has 14 heavy (non-hydrogen) atoms. The van der Waals surface area contributed by atoms with E-state index >= 15 is 0 Å². The molecule has 1 aromatic heterocycles. The van der Waals surface area contributed by atoms with E-state index in [1.165, 1.54) is 0 Å². The predicted molar refractivity (Wildman–Crippen MR) is 50.7 cm³/mol. The summed E-state index contributed by atoms with van der Waals surface area (Å²) in [6.45, 7) is 1.44. The van der Waals surface area contributed by atoms with Gasteiger partial charge in [-0.1, -0.05) is 0 Å². The third-order valence-corrected chi connectivity index (χ3v) is 2.57. The number of ether oxygens (including phenoxy) is 1. The molecule has 1 aromatic rings. The fourth-order valence-corrected chi connectivity index (χ4v) is 1.74. The minimum absolute atomic E-state index is 0.0563. The molecule has 5 nitrogen and oxygen atoms in total. The molecule has 0 spiro atoms. The Kier molecular flexibility index (Phi) is 2.81. The molecule has 1 fully saturated rings. The van der Waals surface area contributed by atoms with Crippen LogP contribution in [-0.4, -0.2) is 34.5 Å². The van der Waals surface area contributed by atoms with Crippen LogP contribution in [0.4, 0.5) is 0 Å². The quantitative estimate of drug-likeness (QED) is 0.706. The molecular formula is C9H15N3O2. The van der Waals surface area contributed by atoms with Crippen LogP contribution in [0.25, 0.3) is 0 Å². The van der Waals surface area contributed by atoms with Crippen molar-refractivity contribution in [3.63, 3.8) is 0 Å². The highest BCUT2D eigenvalue weighted by atomic mass is 16.5. The highest BCUT2D eigenvalue weighted by Gasteiger charge is 2.21. The third-order valence-electron chi connectivity index (χ3n) is 2.57. The maximum Gasteiger partial charge on any atom is 0.0952 e. The van der Waals surface area contributed by atoms with Gasteiger partial charge in [0.25, 0.3) is 0 Å². The normalized spacial score (nSPS) is 24.0. The molecule has 2 heterocycles. The summed E-state index contributed by atoms with van der Waals surface area (Å²) in [6.07, 6.45) is 4.45. The third kappa shape index (κ3) is 1.66. The Labute approximate surface area is 82.5 Å². The number of nitrogens with zero attached hydrogens (tertiary/aromatic N) is 2. The molecule has 5 heteroatoms.